The molecular weight excluding hydrogens is 323 g/mol. The summed E-state index contributed by atoms with van der Waals surface area (Å²) in [5.41, 5.74) is 0.367. The number of carbonyl (C=O) groups is 1. The van der Waals surface area contributed by atoms with Crippen molar-refractivity contribution in [3.63, 3.8) is 0 Å². The van der Waals surface area contributed by atoms with Crippen LogP contribution >= 0.6 is 11.6 Å². The minimum Gasteiger partial charge on any atom is -0.444 e. The number of Topliss-reactive ketones (excluding diaryl/α,β-unsaturated/α-hetero) is 1. The Kier molecular flexibility index (Phi) is 4.29. The SMILES string of the molecule is O=C(c1ccc(Cl)cc1)[C@H](Oc1cccc(F)n1)n1cncn1. The van der Waals surface area contributed by atoms with Crippen molar-refractivity contribution in [3.8, 4) is 5.88 Å². The molecule has 0 bridgehead atoms. The summed E-state index contributed by atoms with van der Waals surface area (Å²) in [6, 6.07) is 10.4. The molecule has 1 atom stereocenters. The van der Waals surface area contributed by atoms with Gasteiger partial charge in [0, 0.05) is 16.7 Å². The predicted octanol–water partition coefficient (Wildman–Crippen LogP) is 2.93. The van der Waals surface area contributed by atoms with Gasteiger partial charge in [0.15, 0.2) is 0 Å². The molecule has 6 nitrogen and oxygen atoms in total. The maximum absolute atomic E-state index is 13.2. The van der Waals surface area contributed by atoms with E-state index < -0.39 is 18.0 Å². The number of hydrogen-bond donors (Lipinski definition) is 0. The Morgan fingerprint density at radius 2 is 2.00 bits per heavy atom. The molecule has 0 amide bonds. The summed E-state index contributed by atoms with van der Waals surface area (Å²) in [5, 5.41) is 4.42. The second-order valence-electron chi connectivity index (χ2n) is 4.52. The van der Waals surface area contributed by atoms with Gasteiger partial charge < -0.3 is 4.74 Å². The maximum atomic E-state index is 13.2. The molecule has 3 aromatic rings. The van der Waals surface area contributed by atoms with Crippen LogP contribution in [0.2, 0.25) is 5.02 Å². The van der Waals surface area contributed by atoms with Gasteiger partial charge in [-0.2, -0.15) is 14.5 Å². The van der Waals surface area contributed by atoms with Crippen LogP contribution in [-0.2, 0) is 0 Å². The lowest BCUT2D eigenvalue weighted by Gasteiger charge is -2.17. The summed E-state index contributed by atoms with van der Waals surface area (Å²) < 4.78 is 19.9. The Hall–Kier alpha value is -2.80. The molecule has 8 heteroatoms. The fourth-order valence-corrected chi connectivity index (χ4v) is 2.02. The zero-order valence-corrected chi connectivity index (χ0v) is 12.4. The summed E-state index contributed by atoms with van der Waals surface area (Å²) in [5.74, 6) is -1.13. The van der Waals surface area contributed by atoms with Crippen LogP contribution in [-0.4, -0.2) is 25.5 Å². The van der Waals surface area contributed by atoms with Gasteiger partial charge in [-0.1, -0.05) is 17.7 Å². The second-order valence-corrected chi connectivity index (χ2v) is 4.95. The zero-order chi connectivity index (χ0) is 16.2. The average molecular weight is 333 g/mol. The Bertz CT molecular complexity index is 809. The van der Waals surface area contributed by atoms with Crippen molar-refractivity contribution in [2.75, 3.05) is 0 Å². The normalized spacial score (nSPS) is 11.9. The fraction of sp³-hybridized carbons (Fsp3) is 0.0667. The van der Waals surface area contributed by atoms with Gasteiger partial charge in [0.1, 0.15) is 12.7 Å². The number of halogens is 2. The molecule has 0 N–H and O–H groups in total. The number of ketones is 1. The first-order valence-electron chi connectivity index (χ1n) is 6.56. The van der Waals surface area contributed by atoms with Crippen LogP contribution in [0.5, 0.6) is 5.88 Å². The lowest BCUT2D eigenvalue weighted by Crippen LogP contribution is -2.26. The van der Waals surface area contributed by atoms with Crippen molar-refractivity contribution >= 4 is 17.4 Å². The molecule has 23 heavy (non-hydrogen) atoms. The molecule has 116 valence electrons. The lowest BCUT2D eigenvalue weighted by molar-refractivity contribution is 0.0601. The summed E-state index contributed by atoms with van der Waals surface area (Å²) in [6.45, 7) is 0. The van der Waals surface area contributed by atoms with E-state index in [0.29, 0.717) is 10.6 Å². The fourth-order valence-electron chi connectivity index (χ4n) is 1.89. The number of benzene rings is 1. The van der Waals surface area contributed by atoms with E-state index in [2.05, 4.69) is 15.1 Å². The van der Waals surface area contributed by atoms with E-state index >= 15 is 0 Å². The third-order valence-corrected chi connectivity index (χ3v) is 3.20. The number of ether oxygens (including phenoxy) is 1. The molecule has 0 fully saturated rings. The summed E-state index contributed by atoms with van der Waals surface area (Å²) in [7, 11) is 0. The Balaban J connectivity index is 1.93. The third-order valence-electron chi connectivity index (χ3n) is 2.95. The number of nitrogens with zero attached hydrogens (tertiary/aromatic N) is 4. The van der Waals surface area contributed by atoms with Crippen LogP contribution in [0, 0.1) is 5.95 Å². The quantitative estimate of drug-likeness (QED) is 0.530. The molecule has 0 aliphatic rings. The van der Waals surface area contributed by atoms with E-state index in [1.54, 1.807) is 24.3 Å². The van der Waals surface area contributed by atoms with Gasteiger partial charge in [-0.25, -0.2) is 9.67 Å². The highest BCUT2D eigenvalue weighted by Crippen LogP contribution is 2.20. The van der Waals surface area contributed by atoms with Crippen molar-refractivity contribution in [2.45, 2.75) is 6.23 Å². The third kappa shape index (κ3) is 3.51. The van der Waals surface area contributed by atoms with Gasteiger partial charge in [-0.3, -0.25) is 4.79 Å². The number of rotatable bonds is 5. The highest BCUT2D eigenvalue weighted by Gasteiger charge is 2.25. The Morgan fingerprint density at radius 3 is 2.65 bits per heavy atom. The molecule has 0 radical (unpaired) electrons. The molecule has 0 saturated heterocycles. The number of pyridine rings is 1. The molecule has 0 unspecified atom stereocenters. The highest BCUT2D eigenvalue weighted by molar-refractivity contribution is 6.30. The summed E-state index contributed by atoms with van der Waals surface area (Å²) in [4.78, 5) is 20.1. The molecule has 3 rings (SSSR count). The summed E-state index contributed by atoms with van der Waals surface area (Å²) in [6.07, 6.45) is 1.44. The first-order valence-corrected chi connectivity index (χ1v) is 6.94. The summed E-state index contributed by atoms with van der Waals surface area (Å²) >= 11 is 5.82. The number of hydrogen-bond acceptors (Lipinski definition) is 5. The predicted molar refractivity (Wildman–Crippen MR) is 79.7 cm³/mol. The molecule has 0 saturated carbocycles. The van der Waals surface area contributed by atoms with Gasteiger partial charge in [0.2, 0.25) is 17.6 Å². The van der Waals surface area contributed by atoms with Crippen LogP contribution in [0.15, 0.2) is 55.1 Å². The van der Waals surface area contributed by atoms with Crippen LogP contribution in [0.3, 0.4) is 0 Å². The number of aromatic nitrogens is 4. The van der Waals surface area contributed by atoms with E-state index in [1.165, 1.54) is 35.5 Å². The van der Waals surface area contributed by atoms with Gasteiger partial charge in [0.05, 0.1) is 0 Å². The van der Waals surface area contributed by atoms with Crippen LogP contribution in [0.1, 0.15) is 16.6 Å². The van der Waals surface area contributed by atoms with E-state index in [4.69, 9.17) is 16.3 Å². The van der Waals surface area contributed by atoms with Gasteiger partial charge in [-0.05, 0) is 30.3 Å². The van der Waals surface area contributed by atoms with Crippen LogP contribution in [0.4, 0.5) is 4.39 Å². The average Bonchev–Trinajstić information content (AvgIpc) is 3.07. The van der Waals surface area contributed by atoms with Crippen LogP contribution < -0.4 is 4.74 Å². The van der Waals surface area contributed by atoms with Crippen molar-refractivity contribution in [2.24, 2.45) is 0 Å². The Morgan fingerprint density at radius 1 is 1.22 bits per heavy atom. The molecule has 0 aliphatic heterocycles. The zero-order valence-electron chi connectivity index (χ0n) is 11.6. The minimum absolute atomic E-state index is 0.0344. The van der Waals surface area contributed by atoms with E-state index in [1.807, 2.05) is 0 Å². The van der Waals surface area contributed by atoms with Crippen molar-refractivity contribution < 1.29 is 13.9 Å². The van der Waals surface area contributed by atoms with Gasteiger partial charge in [0.25, 0.3) is 6.23 Å². The standard InChI is InChI=1S/C15H10ClFN4O2/c16-11-6-4-10(5-7-11)14(22)15(21-9-18-8-19-21)23-13-3-1-2-12(17)20-13/h1-9,15H/t15-/m0/s1. The molecule has 0 spiro atoms. The van der Waals surface area contributed by atoms with Crippen molar-refractivity contribution in [1.29, 1.82) is 0 Å². The van der Waals surface area contributed by atoms with E-state index in [0.717, 1.165) is 0 Å². The maximum Gasteiger partial charge on any atom is 0.257 e. The second kappa shape index (κ2) is 6.53. The molecular formula is C15H10ClFN4O2. The van der Waals surface area contributed by atoms with E-state index in [-0.39, 0.29) is 5.88 Å². The molecule has 2 heterocycles. The van der Waals surface area contributed by atoms with E-state index in [9.17, 15) is 9.18 Å². The number of carbonyl (C=O) groups excluding carboxylic acids is 1. The largest absolute Gasteiger partial charge is 0.444 e. The van der Waals surface area contributed by atoms with Crippen molar-refractivity contribution in [1.82, 2.24) is 19.7 Å². The lowest BCUT2D eigenvalue weighted by atomic mass is 10.1. The molecule has 1 aromatic carbocycles. The van der Waals surface area contributed by atoms with Gasteiger partial charge in [-0.15, -0.1) is 0 Å². The topological polar surface area (TPSA) is 69.9 Å². The van der Waals surface area contributed by atoms with Crippen molar-refractivity contribution in [3.05, 3.63) is 71.7 Å². The smallest absolute Gasteiger partial charge is 0.257 e. The Labute approximate surface area is 135 Å². The first kappa shape index (κ1) is 15.1. The first-order chi connectivity index (χ1) is 11.1. The minimum atomic E-state index is -1.16. The molecule has 2 aromatic heterocycles. The van der Waals surface area contributed by atoms with Gasteiger partial charge >= 0.3 is 0 Å². The monoisotopic (exact) mass is 332 g/mol. The van der Waals surface area contributed by atoms with Crippen LogP contribution in [0.25, 0.3) is 0 Å². The molecule has 0 aliphatic carbocycles. The highest BCUT2D eigenvalue weighted by atomic mass is 35.5.